The molecule has 0 unspecified atom stereocenters. The maximum Gasteiger partial charge on any atom is 0.251 e. The fourth-order valence-electron chi connectivity index (χ4n) is 1.88. The molecule has 5 heteroatoms. The zero-order valence-corrected chi connectivity index (χ0v) is 12.4. The summed E-state index contributed by atoms with van der Waals surface area (Å²) in [5, 5.41) is 6.74. The standard InChI is InChI=1S/C16H18ClN3O/c17-14-3-1-2-12(10-14)11-20-15-6-4-13(5-7-15)16(21)19-9-8-18/h1-7,10,20H,8-9,11,18H2,(H,19,21). The highest BCUT2D eigenvalue weighted by atomic mass is 35.5. The molecule has 0 spiro atoms. The Hall–Kier alpha value is -2.04. The van der Waals surface area contributed by atoms with Crippen LogP contribution < -0.4 is 16.4 Å². The van der Waals surface area contributed by atoms with E-state index in [0.717, 1.165) is 16.3 Å². The number of benzene rings is 2. The number of nitrogens with two attached hydrogens (primary N) is 1. The van der Waals surface area contributed by atoms with Gasteiger partial charge >= 0.3 is 0 Å². The minimum absolute atomic E-state index is 0.109. The monoisotopic (exact) mass is 303 g/mol. The van der Waals surface area contributed by atoms with Gasteiger partial charge in [0, 0.05) is 35.9 Å². The van der Waals surface area contributed by atoms with E-state index in [1.54, 1.807) is 12.1 Å². The molecule has 2 aromatic carbocycles. The van der Waals surface area contributed by atoms with Crippen LogP contribution in [0.25, 0.3) is 0 Å². The molecule has 0 fully saturated rings. The quantitative estimate of drug-likeness (QED) is 0.768. The molecule has 0 saturated carbocycles. The zero-order chi connectivity index (χ0) is 15.1. The molecule has 2 rings (SSSR count). The largest absolute Gasteiger partial charge is 0.381 e. The van der Waals surface area contributed by atoms with E-state index >= 15 is 0 Å². The Morgan fingerprint density at radius 3 is 2.57 bits per heavy atom. The number of hydrogen-bond acceptors (Lipinski definition) is 3. The van der Waals surface area contributed by atoms with Crippen LogP contribution in [0.4, 0.5) is 5.69 Å². The van der Waals surface area contributed by atoms with Crippen LogP contribution in [0.5, 0.6) is 0 Å². The predicted molar refractivity (Wildman–Crippen MR) is 86.6 cm³/mol. The normalized spacial score (nSPS) is 10.2. The summed E-state index contributed by atoms with van der Waals surface area (Å²) in [4.78, 5) is 11.7. The Morgan fingerprint density at radius 1 is 1.14 bits per heavy atom. The van der Waals surface area contributed by atoms with E-state index in [1.165, 1.54) is 0 Å². The summed E-state index contributed by atoms with van der Waals surface area (Å²) in [6.07, 6.45) is 0. The van der Waals surface area contributed by atoms with Crippen LogP contribution in [0.1, 0.15) is 15.9 Å². The third-order valence-corrected chi connectivity index (χ3v) is 3.20. The summed E-state index contributed by atoms with van der Waals surface area (Å²) in [6.45, 7) is 1.60. The molecule has 0 bridgehead atoms. The molecule has 4 nitrogen and oxygen atoms in total. The second kappa shape index (κ2) is 7.67. The molecular weight excluding hydrogens is 286 g/mol. The fourth-order valence-corrected chi connectivity index (χ4v) is 2.09. The van der Waals surface area contributed by atoms with Crippen LogP contribution in [0.15, 0.2) is 48.5 Å². The molecule has 0 heterocycles. The SMILES string of the molecule is NCCNC(=O)c1ccc(NCc2cccc(Cl)c2)cc1. The van der Waals surface area contributed by atoms with Gasteiger partial charge in [-0.1, -0.05) is 23.7 Å². The van der Waals surface area contributed by atoms with Crippen molar-refractivity contribution in [1.29, 1.82) is 0 Å². The second-order valence-electron chi connectivity index (χ2n) is 4.61. The summed E-state index contributed by atoms with van der Waals surface area (Å²) >= 11 is 5.94. The van der Waals surface area contributed by atoms with Crippen LogP contribution in [-0.4, -0.2) is 19.0 Å². The van der Waals surface area contributed by atoms with Gasteiger partial charge in [0.25, 0.3) is 5.91 Å². The smallest absolute Gasteiger partial charge is 0.251 e. The van der Waals surface area contributed by atoms with Crippen molar-refractivity contribution < 1.29 is 4.79 Å². The van der Waals surface area contributed by atoms with Crippen molar-refractivity contribution >= 4 is 23.2 Å². The molecule has 0 atom stereocenters. The van der Waals surface area contributed by atoms with Crippen molar-refractivity contribution in [3.05, 3.63) is 64.7 Å². The van der Waals surface area contributed by atoms with Gasteiger partial charge in [0.2, 0.25) is 0 Å². The second-order valence-corrected chi connectivity index (χ2v) is 5.04. The molecule has 0 aromatic heterocycles. The first-order chi connectivity index (χ1) is 10.2. The van der Waals surface area contributed by atoms with Crippen LogP contribution >= 0.6 is 11.6 Å². The Labute approximate surface area is 129 Å². The number of halogens is 1. The number of carbonyl (C=O) groups excluding carboxylic acids is 1. The lowest BCUT2D eigenvalue weighted by atomic mass is 10.2. The van der Waals surface area contributed by atoms with E-state index in [-0.39, 0.29) is 5.91 Å². The van der Waals surface area contributed by atoms with Crippen LogP contribution in [0, 0.1) is 0 Å². The Balaban J connectivity index is 1.92. The van der Waals surface area contributed by atoms with Gasteiger partial charge in [-0.3, -0.25) is 4.79 Å². The molecule has 1 amide bonds. The maximum atomic E-state index is 11.7. The van der Waals surface area contributed by atoms with Gasteiger partial charge in [0.05, 0.1) is 0 Å². The van der Waals surface area contributed by atoms with Gasteiger partial charge < -0.3 is 16.4 Å². The predicted octanol–water partition coefficient (Wildman–Crippen LogP) is 2.64. The minimum atomic E-state index is -0.109. The van der Waals surface area contributed by atoms with E-state index in [9.17, 15) is 4.79 Å². The van der Waals surface area contributed by atoms with Crippen molar-refractivity contribution in [3.63, 3.8) is 0 Å². The number of amides is 1. The van der Waals surface area contributed by atoms with Crippen molar-refractivity contribution in [3.8, 4) is 0 Å². The summed E-state index contributed by atoms with van der Waals surface area (Å²) in [5.74, 6) is -0.109. The van der Waals surface area contributed by atoms with E-state index in [1.807, 2.05) is 36.4 Å². The fraction of sp³-hybridized carbons (Fsp3) is 0.188. The first kappa shape index (κ1) is 15.4. The third kappa shape index (κ3) is 4.77. The topological polar surface area (TPSA) is 67.1 Å². The van der Waals surface area contributed by atoms with Gasteiger partial charge in [-0.05, 0) is 42.0 Å². The Kier molecular flexibility index (Phi) is 5.60. The number of carbonyl (C=O) groups is 1. The highest BCUT2D eigenvalue weighted by Crippen LogP contribution is 2.14. The van der Waals surface area contributed by atoms with Gasteiger partial charge in [0.15, 0.2) is 0 Å². The molecule has 0 aliphatic heterocycles. The molecule has 2 aromatic rings. The highest BCUT2D eigenvalue weighted by Gasteiger charge is 2.04. The molecule has 0 aliphatic carbocycles. The van der Waals surface area contributed by atoms with Crippen molar-refractivity contribution in [2.75, 3.05) is 18.4 Å². The molecule has 0 aliphatic rings. The lowest BCUT2D eigenvalue weighted by Gasteiger charge is -2.08. The molecule has 110 valence electrons. The number of anilines is 1. The van der Waals surface area contributed by atoms with Gasteiger partial charge in [-0.2, -0.15) is 0 Å². The first-order valence-corrected chi connectivity index (χ1v) is 7.13. The Bertz CT molecular complexity index is 599. The summed E-state index contributed by atoms with van der Waals surface area (Å²) in [7, 11) is 0. The summed E-state index contributed by atoms with van der Waals surface area (Å²) in [6, 6.07) is 15.0. The highest BCUT2D eigenvalue weighted by molar-refractivity contribution is 6.30. The Morgan fingerprint density at radius 2 is 1.90 bits per heavy atom. The van der Waals surface area contributed by atoms with Crippen molar-refractivity contribution in [1.82, 2.24) is 5.32 Å². The van der Waals surface area contributed by atoms with E-state index in [2.05, 4.69) is 10.6 Å². The zero-order valence-electron chi connectivity index (χ0n) is 11.6. The van der Waals surface area contributed by atoms with E-state index in [4.69, 9.17) is 17.3 Å². The molecular formula is C16H18ClN3O. The lowest BCUT2D eigenvalue weighted by Crippen LogP contribution is -2.28. The average Bonchev–Trinajstić information content (AvgIpc) is 2.51. The van der Waals surface area contributed by atoms with Gasteiger partial charge in [0.1, 0.15) is 0 Å². The summed E-state index contributed by atoms with van der Waals surface area (Å²) < 4.78 is 0. The number of hydrogen-bond donors (Lipinski definition) is 3. The third-order valence-electron chi connectivity index (χ3n) is 2.96. The van der Waals surface area contributed by atoms with Crippen molar-refractivity contribution in [2.24, 2.45) is 5.73 Å². The van der Waals surface area contributed by atoms with Crippen LogP contribution in [-0.2, 0) is 6.54 Å². The average molecular weight is 304 g/mol. The van der Waals surface area contributed by atoms with E-state index < -0.39 is 0 Å². The minimum Gasteiger partial charge on any atom is -0.381 e. The van der Waals surface area contributed by atoms with E-state index in [0.29, 0.717) is 25.2 Å². The van der Waals surface area contributed by atoms with Crippen LogP contribution in [0.3, 0.4) is 0 Å². The molecule has 21 heavy (non-hydrogen) atoms. The first-order valence-electron chi connectivity index (χ1n) is 6.75. The van der Waals surface area contributed by atoms with Crippen LogP contribution in [0.2, 0.25) is 5.02 Å². The van der Waals surface area contributed by atoms with Gasteiger partial charge in [-0.15, -0.1) is 0 Å². The van der Waals surface area contributed by atoms with Crippen molar-refractivity contribution in [2.45, 2.75) is 6.54 Å². The maximum absolute atomic E-state index is 11.7. The number of nitrogens with one attached hydrogen (secondary N) is 2. The molecule has 0 radical (unpaired) electrons. The number of rotatable bonds is 6. The lowest BCUT2D eigenvalue weighted by molar-refractivity contribution is 0.0955. The van der Waals surface area contributed by atoms with Gasteiger partial charge in [-0.25, -0.2) is 0 Å². The summed E-state index contributed by atoms with van der Waals surface area (Å²) in [5.41, 5.74) is 8.03. The molecule has 4 N–H and O–H groups in total. The molecule has 0 saturated heterocycles.